The van der Waals surface area contributed by atoms with Crippen LogP contribution in [0.2, 0.25) is 0 Å². The van der Waals surface area contributed by atoms with Crippen molar-refractivity contribution in [1.29, 1.82) is 0 Å². The first-order valence-electron chi connectivity index (χ1n) is 8.73. The summed E-state index contributed by atoms with van der Waals surface area (Å²) in [4.78, 5) is 35.7. The number of esters is 2. The van der Waals surface area contributed by atoms with Gasteiger partial charge in [-0.05, 0) is 38.5 Å². The molecule has 8 heteroatoms. The number of ether oxygens (including phenoxy) is 3. The molecule has 8 nitrogen and oxygen atoms in total. The predicted molar refractivity (Wildman–Crippen MR) is 97.0 cm³/mol. The third-order valence-electron chi connectivity index (χ3n) is 3.81. The highest BCUT2D eigenvalue weighted by molar-refractivity contribution is 5.94. The SMILES string of the molecule is CCOC(=O)C1=C(COC(=O)CCOc2cccc(C)c2)NC(=O)N[C@@H]1C. The Hall–Kier alpha value is -3.03. The van der Waals surface area contributed by atoms with Gasteiger partial charge in [-0.1, -0.05) is 12.1 Å². The molecule has 1 heterocycles. The summed E-state index contributed by atoms with van der Waals surface area (Å²) < 4.78 is 15.7. The molecule has 146 valence electrons. The van der Waals surface area contributed by atoms with Gasteiger partial charge in [0.15, 0.2) is 0 Å². The van der Waals surface area contributed by atoms with Crippen molar-refractivity contribution in [2.45, 2.75) is 33.2 Å². The summed E-state index contributed by atoms with van der Waals surface area (Å²) in [5.41, 5.74) is 1.52. The molecule has 1 atom stereocenters. The second-order valence-corrected chi connectivity index (χ2v) is 6.01. The molecule has 27 heavy (non-hydrogen) atoms. The minimum atomic E-state index is -0.564. The van der Waals surface area contributed by atoms with Gasteiger partial charge >= 0.3 is 18.0 Å². The number of nitrogens with one attached hydrogen (secondary N) is 2. The van der Waals surface area contributed by atoms with Gasteiger partial charge in [0, 0.05) is 0 Å². The minimum absolute atomic E-state index is 0.0394. The van der Waals surface area contributed by atoms with Crippen LogP contribution in [0.4, 0.5) is 4.79 Å². The first kappa shape index (κ1) is 20.3. The Morgan fingerprint density at radius 3 is 2.70 bits per heavy atom. The third-order valence-corrected chi connectivity index (χ3v) is 3.81. The Morgan fingerprint density at radius 1 is 1.22 bits per heavy atom. The van der Waals surface area contributed by atoms with Crippen molar-refractivity contribution in [1.82, 2.24) is 10.6 Å². The van der Waals surface area contributed by atoms with Gasteiger partial charge in [0.1, 0.15) is 12.4 Å². The molecule has 0 saturated carbocycles. The van der Waals surface area contributed by atoms with Crippen LogP contribution in [0.5, 0.6) is 5.75 Å². The fourth-order valence-electron chi connectivity index (χ4n) is 2.58. The lowest BCUT2D eigenvalue weighted by Gasteiger charge is -2.26. The van der Waals surface area contributed by atoms with Crippen molar-refractivity contribution in [2.24, 2.45) is 0 Å². The number of amides is 2. The molecule has 0 saturated heterocycles. The Labute approximate surface area is 157 Å². The van der Waals surface area contributed by atoms with E-state index in [1.54, 1.807) is 19.9 Å². The summed E-state index contributed by atoms with van der Waals surface area (Å²) in [5, 5.41) is 5.07. The van der Waals surface area contributed by atoms with Crippen molar-refractivity contribution in [3.05, 3.63) is 41.1 Å². The van der Waals surface area contributed by atoms with Crippen LogP contribution in [-0.2, 0) is 19.1 Å². The van der Waals surface area contributed by atoms with E-state index in [0.717, 1.165) is 5.56 Å². The van der Waals surface area contributed by atoms with Crippen molar-refractivity contribution in [3.8, 4) is 5.75 Å². The Balaban J connectivity index is 1.89. The molecule has 0 unspecified atom stereocenters. The maximum atomic E-state index is 12.1. The van der Waals surface area contributed by atoms with Crippen LogP contribution in [-0.4, -0.2) is 43.8 Å². The molecule has 2 amide bonds. The number of benzene rings is 1. The van der Waals surface area contributed by atoms with Gasteiger partial charge in [-0.15, -0.1) is 0 Å². The molecule has 1 aromatic carbocycles. The first-order chi connectivity index (χ1) is 12.9. The molecule has 0 bridgehead atoms. The Kier molecular flexibility index (Phi) is 7.22. The molecule has 1 aromatic rings. The average Bonchev–Trinajstić information content (AvgIpc) is 2.59. The van der Waals surface area contributed by atoms with Crippen molar-refractivity contribution in [3.63, 3.8) is 0 Å². The fourth-order valence-corrected chi connectivity index (χ4v) is 2.58. The maximum absolute atomic E-state index is 12.1. The minimum Gasteiger partial charge on any atom is -0.493 e. The normalized spacial score (nSPS) is 16.3. The fraction of sp³-hybridized carbons (Fsp3) is 0.421. The van der Waals surface area contributed by atoms with E-state index in [4.69, 9.17) is 14.2 Å². The molecule has 0 spiro atoms. The standard InChI is InChI=1S/C19H24N2O6/c1-4-25-18(23)17-13(3)20-19(24)21-15(17)11-27-16(22)8-9-26-14-7-5-6-12(2)10-14/h5-7,10,13H,4,8-9,11H2,1-3H3,(H2,20,21,24)/t13-/m1/s1. The highest BCUT2D eigenvalue weighted by atomic mass is 16.5. The van der Waals surface area contributed by atoms with Crippen LogP contribution in [0.1, 0.15) is 25.8 Å². The van der Waals surface area contributed by atoms with E-state index >= 15 is 0 Å². The summed E-state index contributed by atoms with van der Waals surface area (Å²) in [7, 11) is 0. The summed E-state index contributed by atoms with van der Waals surface area (Å²) in [6.07, 6.45) is 0.0394. The average molecular weight is 376 g/mol. The highest BCUT2D eigenvalue weighted by Gasteiger charge is 2.30. The zero-order valence-corrected chi connectivity index (χ0v) is 15.7. The van der Waals surface area contributed by atoms with Gasteiger partial charge in [-0.3, -0.25) is 4.79 Å². The first-order valence-corrected chi connectivity index (χ1v) is 8.73. The van der Waals surface area contributed by atoms with Crippen LogP contribution in [0.15, 0.2) is 35.5 Å². The molecule has 1 aliphatic heterocycles. The van der Waals surface area contributed by atoms with Crippen LogP contribution in [0.25, 0.3) is 0 Å². The topological polar surface area (TPSA) is 103 Å². The van der Waals surface area contributed by atoms with Crippen LogP contribution in [0, 0.1) is 6.92 Å². The lowest BCUT2D eigenvalue weighted by atomic mass is 10.0. The van der Waals surface area contributed by atoms with E-state index in [1.165, 1.54) is 0 Å². The van der Waals surface area contributed by atoms with E-state index < -0.39 is 24.0 Å². The summed E-state index contributed by atoms with van der Waals surface area (Å²) in [5.74, 6) is -0.389. The molecule has 0 fully saturated rings. The van der Waals surface area contributed by atoms with Gasteiger partial charge in [-0.2, -0.15) is 0 Å². The molecule has 2 N–H and O–H groups in total. The van der Waals surface area contributed by atoms with Gasteiger partial charge in [0.05, 0.1) is 36.9 Å². The van der Waals surface area contributed by atoms with Crippen LogP contribution < -0.4 is 15.4 Å². The van der Waals surface area contributed by atoms with Crippen LogP contribution in [0.3, 0.4) is 0 Å². The number of rotatable bonds is 8. The summed E-state index contributed by atoms with van der Waals surface area (Å²) >= 11 is 0. The Bertz CT molecular complexity index is 743. The maximum Gasteiger partial charge on any atom is 0.338 e. The molecular weight excluding hydrogens is 352 g/mol. The lowest BCUT2D eigenvalue weighted by molar-refractivity contribution is -0.144. The molecular formula is C19H24N2O6. The van der Waals surface area contributed by atoms with Gasteiger partial charge in [-0.25, -0.2) is 9.59 Å². The van der Waals surface area contributed by atoms with E-state index in [-0.39, 0.29) is 37.5 Å². The number of aryl methyl sites for hydroxylation is 1. The largest absolute Gasteiger partial charge is 0.493 e. The molecule has 2 rings (SSSR count). The summed E-state index contributed by atoms with van der Waals surface area (Å²) in [6, 6.07) is 6.48. The van der Waals surface area contributed by atoms with Crippen molar-refractivity contribution < 1.29 is 28.6 Å². The quantitative estimate of drug-likeness (QED) is 0.671. The van der Waals surface area contributed by atoms with Crippen molar-refractivity contribution in [2.75, 3.05) is 19.8 Å². The van der Waals surface area contributed by atoms with Crippen LogP contribution >= 0.6 is 0 Å². The number of urea groups is 1. The zero-order valence-electron chi connectivity index (χ0n) is 15.7. The van der Waals surface area contributed by atoms with E-state index in [9.17, 15) is 14.4 Å². The molecule has 0 aliphatic carbocycles. The smallest absolute Gasteiger partial charge is 0.338 e. The van der Waals surface area contributed by atoms with Gasteiger partial charge in [0.2, 0.25) is 0 Å². The van der Waals surface area contributed by atoms with E-state index in [2.05, 4.69) is 10.6 Å². The zero-order chi connectivity index (χ0) is 19.8. The second kappa shape index (κ2) is 9.61. The third kappa shape index (κ3) is 6.02. The van der Waals surface area contributed by atoms with E-state index in [0.29, 0.717) is 5.75 Å². The van der Waals surface area contributed by atoms with Gasteiger partial charge < -0.3 is 24.8 Å². The Morgan fingerprint density at radius 2 is 2.00 bits per heavy atom. The molecule has 0 radical (unpaired) electrons. The van der Waals surface area contributed by atoms with Crippen molar-refractivity contribution >= 4 is 18.0 Å². The van der Waals surface area contributed by atoms with Gasteiger partial charge in [0.25, 0.3) is 0 Å². The second-order valence-electron chi connectivity index (χ2n) is 6.01. The molecule has 0 aromatic heterocycles. The molecule has 1 aliphatic rings. The number of carbonyl (C=O) groups excluding carboxylic acids is 3. The predicted octanol–water partition coefficient (Wildman–Crippen LogP) is 1.83. The number of hydrogen-bond donors (Lipinski definition) is 2. The van der Waals surface area contributed by atoms with E-state index in [1.807, 2.05) is 25.1 Å². The lowest BCUT2D eigenvalue weighted by Crippen LogP contribution is -2.50. The number of carbonyl (C=O) groups is 3. The highest BCUT2D eigenvalue weighted by Crippen LogP contribution is 2.15. The summed E-state index contributed by atoms with van der Waals surface area (Å²) in [6.45, 7) is 5.43. The number of hydrogen-bond acceptors (Lipinski definition) is 6. The monoisotopic (exact) mass is 376 g/mol.